The predicted molar refractivity (Wildman–Crippen MR) is 48.5 cm³/mol. The fraction of sp³-hybridized carbons (Fsp3) is 0.889. The van der Waals surface area contributed by atoms with E-state index in [1.165, 1.54) is 0 Å². The van der Waals surface area contributed by atoms with Crippen molar-refractivity contribution in [2.45, 2.75) is 18.4 Å². The SMILES string of the molecule is COCC1(OC)CCN(C=O)CC1. The summed E-state index contributed by atoms with van der Waals surface area (Å²) in [7, 11) is 3.38. The lowest BCUT2D eigenvalue weighted by molar-refractivity contribution is -0.128. The fourth-order valence-electron chi connectivity index (χ4n) is 1.71. The Kier molecular flexibility index (Phi) is 3.69. The second-order valence-corrected chi connectivity index (χ2v) is 3.46. The van der Waals surface area contributed by atoms with E-state index in [4.69, 9.17) is 9.47 Å². The Balaban J connectivity index is 2.47. The highest BCUT2D eigenvalue weighted by atomic mass is 16.5. The van der Waals surface area contributed by atoms with Crippen molar-refractivity contribution >= 4 is 6.41 Å². The number of hydrogen-bond acceptors (Lipinski definition) is 3. The number of piperidine rings is 1. The number of carbonyl (C=O) groups is 1. The van der Waals surface area contributed by atoms with Gasteiger partial charge in [-0.05, 0) is 12.8 Å². The number of rotatable bonds is 4. The number of methoxy groups -OCH3 is 2. The van der Waals surface area contributed by atoms with Crippen LogP contribution in [0.4, 0.5) is 0 Å². The topological polar surface area (TPSA) is 38.8 Å². The minimum absolute atomic E-state index is 0.172. The average Bonchev–Trinajstić information content (AvgIpc) is 2.19. The van der Waals surface area contributed by atoms with Gasteiger partial charge >= 0.3 is 0 Å². The van der Waals surface area contributed by atoms with Crippen molar-refractivity contribution in [3.05, 3.63) is 0 Å². The smallest absolute Gasteiger partial charge is 0.209 e. The van der Waals surface area contributed by atoms with Crippen LogP contribution in [0.2, 0.25) is 0 Å². The van der Waals surface area contributed by atoms with Gasteiger partial charge in [0.2, 0.25) is 6.41 Å². The number of nitrogens with zero attached hydrogens (tertiary/aromatic N) is 1. The molecule has 4 nitrogen and oxygen atoms in total. The van der Waals surface area contributed by atoms with Crippen LogP contribution in [0.5, 0.6) is 0 Å². The highest BCUT2D eigenvalue weighted by Crippen LogP contribution is 2.25. The van der Waals surface area contributed by atoms with E-state index in [9.17, 15) is 4.79 Å². The summed E-state index contributed by atoms with van der Waals surface area (Å²) in [6.07, 6.45) is 2.61. The van der Waals surface area contributed by atoms with Gasteiger partial charge in [0, 0.05) is 27.3 Å². The van der Waals surface area contributed by atoms with Crippen LogP contribution < -0.4 is 0 Å². The second-order valence-electron chi connectivity index (χ2n) is 3.46. The van der Waals surface area contributed by atoms with Gasteiger partial charge in [0.25, 0.3) is 0 Å². The molecule has 0 unspecified atom stereocenters. The summed E-state index contributed by atoms with van der Waals surface area (Å²) in [6, 6.07) is 0. The van der Waals surface area contributed by atoms with Crippen molar-refractivity contribution in [1.29, 1.82) is 0 Å². The maximum Gasteiger partial charge on any atom is 0.209 e. The summed E-state index contributed by atoms with van der Waals surface area (Å²) in [5.74, 6) is 0. The Hall–Kier alpha value is -0.610. The first-order valence-corrected chi connectivity index (χ1v) is 4.50. The molecule has 1 rings (SSSR count). The van der Waals surface area contributed by atoms with Crippen molar-refractivity contribution in [3.8, 4) is 0 Å². The van der Waals surface area contributed by atoms with E-state index < -0.39 is 0 Å². The van der Waals surface area contributed by atoms with Crippen LogP contribution in [-0.4, -0.2) is 50.8 Å². The zero-order valence-electron chi connectivity index (χ0n) is 8.28. The minimum Gasteiger partial charge on any atom is -0.382 e. The third kappa shape index (κ3) is 2.42. The fourth-order valence-corrected chi connectivity index (χ4v) is 1.71. The first-order chi connectivity index (χ1) is 6.26. The molecule has 76 valence electrons. The summed E-state index contributed by atoms with van der Waals surface area (Å²) in [5.41, 5.74) is -0.172. The molecule has 0 atom stereocenters. The molecule has 0 spiro atoms. The maximum absolute atomic E-state index is 10.5. The first-order valence-electron chi connectivity index (χ1n) is 4.50. The molecule has 0 aliphatic carbocycles. The molecule has 1 heterocycles. The number of amides is 1. The molecule has 1 aliphatic heterocycles. The Labute approximate surface area is 78.8 Å². The summed E-state index contributed by atoms with van der Waals surface area (Å²) in [4.78, 5) is 12.2. The summed E-state index contributed by atoms with van der Waals surface area (Å²) >= 11 is 0. The summed E-state index contributed by atoms with van der Waals surface area (Å²) in [6.45, 7) is 2.14. The number of carbonyl (C=O) groups excluding carboxylic acids is 1. The van der Waals surface area contributed by atoms with Crippen molar-refractivity contribution < 1.29 is 14.3 Å². The van der Waals surface area contributed by atoms with Gasteiger partial charge in [0.05, 0.1) is 12.2 Å². The molecule has 0 aromatic heterocycles. The van der Waals surface area contributed by atoms with Crippen LogP contribution >= 0.6 is 0 Å². The second kappa shape index (κ2) is 4.58. The lowest BCUT2D eigenvalue weighted by atomic mass is 9.92. The van der Waals surface area contributed by atoms with Gasteiger partial charge in [-0.1, -0.05) is 0 Å². The van der Waals surface area contributed by atoms with Crippen LogP contribution in [0.1, 0.15) is 12.8 Å². The maximum atomic E-state index is 10.5. The molecule has 1 saturated heterocycles. The van der Waals surface area contributed by atoms with Gasteiger partial charge in [-0.25, -0.2) is 0 Å². The zero-order valence-corrected chi connectivity index (χ0v) is 8.28. The van der Waals surface area contributed by atoms with Crippen molar-refractivity contribution in [2.75, 3.05) is 33.9 Å². The molecule has 0 saturated carbocycles. The largest absolute Gasteiger partial charge is 0.382 e. The Morgan fingerprint density at radius 2 is 2.00 bits per heavy atom. The normalized spacial score (nSPS) is 21.5. The molecule has 1 amide bonds. The van der Waals surface area contributed by atoms with Gasteiger partial charge in [0.15, 0.2) is 0 Å². The number of hydrogen-bond donors (Lipinski definition) is 0. The molecule has 0 bridgehead atoms. The first kappa shape index (κ1) is 10.5. The third-order valence-electron chi connectivity index (χ3n) is 2.70. The lowest BCUT2D eigenvalue weighted by Gasteiger charge is -2.38. The molecule has 0 aromatic rings. The Morgan fingerprint density at radius 3 is 2.38 bits per heavy atom. The summed E-state index contributed by atoms with van der Waals surface area (Å²) in [5, 5.41) is 0. The van der Waals surface area contributed by atoms with Crippen molar-refractivity contribution in [3.63, 3.8) is 0 Å². The molecule has 0 N–H and O–H groups in total. The standard InChI is InChI=1S/C9H17NO3/c1-12-7-9(13-2)3-5-10(8-11)6-4-9/h8H,3-7H2,1-2H3. The predicted octanol–water partition coefficient (Wildman–Crippen LogP) is 0.270. The zero-order chi connectivity index (χ0) is 9.73. The van der Waals surface area contributed by atoms with Gasteiger partial charge in [-0.3, -0.25) is 4.79 Å². The van der Waals surface area contributed by atoms with E-state index in [1.54, 1.807) is 19.1 Å². The quantitative estimate of drug-likeness (QED) is 0.593. The monoisotopic (exact) mass is 187 g/mol. The van der Waals surface area contributed by atoms with E-state index >= 15 is 0 Å². The van der Waals surface area contributed by atoms with Crippen molar-refractivity contribution in [2.24, 2.45) is 0 Å². The molecule has 1 fully saturated rings. The van der Waals surface area contributed by atoms with Crippen LogP contribution in [0.25, 0.3) is 0 Å². The minimum atomic E-state index is -0.172. The van der Waals surface area contributed by atoms with E-state index in [-0.39, 0.29) is 5.60 Å². The Morgan fingerprint density at radius 1 is 1.38 bits per heavy atom. The summed E-state index contributed by atoms with van der Waals surface area (Å²) < 4.78 is 10.6. The molecular weight excluding hydrogens is 170 g/mol. The van der Waals surface area contributed by atoms with Crippen LogP contribution in [-0.2, 0) is 14.3 Å². The van der Waals surface area contributed by atoms with Gasteiger partial charge < -0.3 is 14.4 Å². The highest BCUT2D eigenvalue weighted by Gasteiger charge is 2.34. The van der Waals surface area contributed by atoms with E-state index in [0.717, 1.165) is 32.3 Å². The van der Waals surface area contributed by atoms with Crippen LogP contribution in [0, 0.1) is 0 Å². The molecular formula is C9H17NO3. The molecule has 0 radical (unpaired) electrons. The van der Waals surface area contributed by atoms with Crippen LogP contribution in [0.3, 0.4) is 0 Å². The van der Waals surface area contributed by atoms with Gasteiger partial charge in [-0.15, -0.1) is 0 Å². The third-order valence-corrected chi connectivity index (χ3v) is 2.70. The molecule has 13 heavy (non-hydrogen) atoms. The van der Waals surface area contributed by atoms with Gasteiger partial charge in [-0.2, -0.15) is 0 Å². The van der Waals surface area contributed by atoms with Gasteiger partial charge in [0.1, 0.15) is 0 Å². The molecule has 0 aromatic carbocycles. The van der Waals surface area contributed by atoms with E-state index in [1.807, 2.05) is 0 Å². The average molecular weight is 187 g/mol. The number of likely N-dealkylation sites (tertiary alicyclic amines) is 1. The molecule has 1 aliphatic rings. The van der Waals surface area contributed by atoms with Crippen molar-refractivity contribution in [1.82, 2.24) is 4.90 Å². The highest BCUT2D eigenvalue weighted by molar-refractivity contribution is 5.47. The van der Waals surface area contributed by atoms with E-state index in [0.29, 0.717) is 6.61 Å². The van der Waals surface area contributed by atoms with Crippen LogP contribution in [0.15, 0.2) is 0 Å². The molecule has 4 heteroatoms. The number of ether oxygens (including phenoxy) is 2. The lowest BCUT2D eigenvalue weighted by Crippen LogP contribution is -2.47. The van der Waals surface area contributed by atoms with E-state index in [2.05, 4.69) is 0 Å². The Bertz CT molecular complexity index is 164.